The van der Waals surface area contributed by atoms with Crippen molar-refractivity contribution in [3.05, 3.63) is 99.5 Å². The minimum atomic E-state index is -4.90. The molecule has 0 fully saturated rings. The predicted octanol–water partition coefficient (Wildman–Crippen LogP) is 6.22. The van der Waals surface area contributed by atoms with Crippen molar-refractivity contribution in [2.24, 2.45) is 0 Å². The van der Waals surface area contributed by atoms with Crippen LogP contribution in [0.4, 0.5) is 34.6 Å². The molecule has 0 saturated heterocycles. The van der Waals surface area contributed by atoms with Crippen LogP contribution in [0.25, 0.3) is 16.6 Å². The molecule has 6 rings (SSSR count). The van der Waals surface area contributed by atoms with E-state index in [2.05, 4.69) is 15.3 Å². The number of aryl methyl sites for hydroxylation is 1. The molecule has 0 spiro atoms. The van der Waals surface area contributed by atoms with Gasteiger partial charge in [-0.25, -0.2) is 9.37 Å². The quantitative estimate of drug-likeness (QED) is 0.207. The van der Waals surface area contributed by atoms with Gasteiger partial charge in [-0.3, -0.25) is 19.1 Å². The zero-order valence-corrected chi connectivity index (χ0v) is 25.5. The van der Waals surface area contributed by atoms with E-state index in [9.17, 15) is 22.8 Å². The second-order valence-corrected chi connectivity index (χ2v) is 10.7. The molecule has 2 aromatic carbocycles. The molecule has 47 heavy (non-hydrogen) atoms. The van der Waals surface area contributed by atoms with Crippen molar-refractivity contribution in [3.63, 3.8) is 0 Å². The number of benzene rings is 2. The molecular formula is C33H27F4N5O5. The lowest BCUT2D eigenvalue weighted by Gasteiger charge is -2.23. The van der Waals surface area contributed by atoms with Crippen LogP contribution in [0.2, 0.25) is 0 Å². The highest BCUT2D eigenvalue weighted by Gasteiger charge is 2.36. The lowest BCUT2D eigenvalue weighted by atomic mass is 10.1. The van der Waals surface area contributed by atoms with Crippen LogP contribution >= 0.6 is 0 Å². The zero-order valence-electron chi connectivity index (χ0n) is 25.5. The maximum Gasteiger partial charge on any atom is 0.431 e. The summed E-state index contributed by atoms with van der Waals surface area (Å²) in [5.41, 5.74) is -0.269. The van der Waals surface area contributed by atoms with Crippen molar-refractivity contribution in [3.8, 4) is 23.1 Å². The van der Waals surface area contributed by atoms with Crippen molar-refractivity contribution in [2.45, 2.75) is 19.5 Å². The minimum Gasteiger partial charge on any atom is -0.493 e. The van der Waals surface area contributed by atoms with Gasteiger partial charge >= 0.3 is 6.18 Å². The SMILES string of the molecule is COc1cc(C)c(-n2c(C(F)(F)F)ccc(C(=O)Nc3ccc4c(c3)CCN4c3c(F)cnc4cc(OC)c(OC)cc34)c2=O)cn1. The summed E-state index contributed by atoms with van der Waals surface area (Å²) in [5, 5.41) is 3.13. The van der Waals surface area contributed by atoms with Gasteiger partial charge in [0.05, 0.1) is 50.6 Å². The average molecular weight is 650 g/mol. The number of ether oxygens (including phenoxy) is 3. The number of pyridine rings is 3. The number of anilines is 3. The molecule has 242 valence electrons. The maximum atomic E-state index is 15.3. The summed E-state index contributed by atoms with van der Waals surface area (Å²) in [6.45, 7) is 1.91. The van der Waals surface area contributed by atoms with Gasteiger partial charge in [0.15, 0.2) is 17.3 Å². The van der Waals surface area contributed by atoms with E-state index in [1.807, 2.05) is 0 Å². The van der Waals surface area contributed by atoms with Crippen molar-refractivity contribution in [1.29, 1.82) is 0 Å². The number of fused-ring (bicyclic) bond motifs is 2. The standard InChI is InChI=1S/C33H27F4N5O5/c1-17-11-29(47-4)39-16-25(17)42-28(33(35,36)37)8-6-20(32(42)44)31(43)40-19-5-7-24-18(12-19)9-10-41(24)30-21-13-26(45-2)27(46-3)14-23(21)38-15-22(30)34/h5-8,11-16H,9-10H2,1-4H3,(H,40,43). The molecule has 3 aromatic heterocycles. The first-order valence-electron chi connectivity index (χ1n) is 14.2. The number of nitrogens with one attached hydrogen (secondary N) is 1. The molecule has 0 saturated carbocycles. The Bertz CT molecular complexity index is 2120. The molecule has 4 heterocycles. The van der Waals surface area contributed by atoms with Gasteiger partial charge in [-0.2, -0.15) is 13.2 Å². The van der Waals surface area contributed by atoms with E-state index in [-0.39, 0.29) is 17.1 Å². The molecule has 0 aliphatic carbocycles. The fourth-order valence-corrected chi connectivity index (χ4v) is 5.71. The molecule has 1 N–H and O–H groups in total. The molecule has 0 atom stereocenters. The Morgan fingerprint density at radius 1 is 0.915 bits per heavy atom. The summed E-state index contributed by atoms with van der Waals surface area (Å²) in [4.78, 5) is 36.7. The molecule has 5 aromatic rings. The number of hydrogen-bond donors (Lipinski definition) is 1. The van der Waals surface area contributed by atoms with E-state index in [0.717, 1.165) is 24.0 Å². The van der Waals surface area contributed by atoms with E-state index in [0.29, 0.717) is 63.1 Å². The van der Waals surface area contributed by atoms with Gasteiger partial charge in [-0.05, 0) is 60.9 Å². The van der Waals surface area contributed by atoms with Crippen molar-refractivity contribution in [2.75, 3.05) is 38.1 Å². The smallest absolute Gasteiger partial charge is 0.431 e. The van der Waals surface area contributed by atoms with Gasteiger partial charge in [0.25, 0.3) is 11.5 Å². The average Bonchev–Trinajstić information content (AvgIpc) is 3.46. The molecule has 0 unspecified atom stereocenters. The van der Waals surface area contributed by atoms with Crippen molar-refractivity contribution >= 4 is 33.9 Å². The largest absolute Gasteiger partial charge is 0.493 e. The number of carbonyl (C=O) groups excluding carboxylic acids is 1. The Kier molecular flexibility index (Phi) is 7.95. The van der Waals surface area contributed by atoms with E-state index in [1.165, 1.54) is 34.3 Å². The van der Waals surface area contributed by atoms with Crippen LogP contribution in [-0.2, 0) is 12.6 Å². The highest BCUT2D eigenvalue weighted by atomic mass is 19.4. The second-order valence-electron chi connectivity index (χ2n) is 10.7. The monoisotopic (exact) mass is 649 g/mol. The molecule has 0 bridgehead atoms. The summed E-state index contributed by atoms with van der Waals surface area (Å²) >= 11 is 0. The summed E-state index contributed by atoms with van der Waals surface area (Å²) < 4.78 is 73.5. The second kappa shape index (κ2) is 11.9. The number of amides is 1. The molecule has 1 amide bonds. The Hall–Kier alpha value is -5.66. The van der Waals surface area contributed by atoms with Gasteiger partial charge < -0.3 is 24.4 Å². The number of rotatable bonds is 7. The molecule has 10 nitrogen and oxygen atoms in total. The Labute approximate surface area is 265 Å². The van der Waals surface area contributed by atoms with Crippen LogP contribution < -0.4 is 30.0 Å². The van der Waals surface area contributed by atoms with Gasteiger partial charge in [0.2, 0.25) is 5.88 Å². The topological polar surface area (TPSA) is 108 Å². The van der Waals surface area contributed by atoms with Crippen LogP contribution in [-0.4, -0.2) is 48.3 Å². The van der Waals surface area contributed by atoms with Crippen LogP contribution in [0, 0.1) is 12.7 Å². The lowest BCUT2D eigenvalue weighted by molar-refractivity contribution is -0.142. The Balaban J connectivity index is 1.34. The third-order valence-corrected chi connectivity index (χ3v) is 7.93. The summed E-state index contributed by atoms with van der Waals surface area (Å²) in [6.07, 6.45) is -2.19. The Morgan fingerprint density at radius 2 is 1.66 bits per heavy atom. The van der Waals surface area contributed by atoms with Crippen molar-refractivity contribution < 1.29 is 36.6 Å². The summed E-state index contributed by atoms with van der Waals surface area (Å²) in [7, 11) is 4.33. The fourth-order valence-electron chi connectivity index (χ4n) is 5.71. The number of methoxy groups -OCH3 is 3. The highest BCUT2D eigenvalue weighted by molar-refractivity contribution is 6.04. The van der Waals surface area contributed by atoms with E-state index >= 15 is 4.39 Å². The Morgan fingerprint density at radius 3 is 2.34 bits per heavy atom. The van der Waals surface area contributed by atoms with Gasteiger partial charge in [-0.1, -0.05) is 0 Å². The number of aromatic nitrogens is 3. The van der Waals surface area contributed by atoms with Crippen molar-refractivity contribution in [1.82, 2.24) is 14.5 Å². The van der Waals surface area contributed by atoms with Crippen LogP contribution in [0.3, 0.4) is 0 Å². The first kappa shape index (κ1) is 31.3. The zero-order chi connectivity index (χ0) is 33.6. The molecular weight excluding hydrogens is 622 g/mol. The number of nitrogens with zero attached hydrogens (tertiary/aromatic N) is 4. The third-order valence-electron chi connectivity index (χ3n) is 7.93. The van der Waals surface area contributed by atoms with E-state index in [4.69, 9.17) is 14.2 Å². The van der Waals surface area contributed by atoms with Gasteiger partial charge in [0, 0.05) is 35.4 Å². The van der Waals surface area contributed by atoms with Crippen LogP contribution in [0.15, 0.2) is 65.7 Å². The van der Waals surface area contributed by atoms with Crippen LogP contribution in [0.5, 0.6) is 17.4 Å². The van der Waals surface area contributed by atoms with Gasteiger partial charge in [-0.15, -0.1) is 0 Å². The van der Waals surface area contributed by atoms with E-state index < -0.39 is 34.7 Å². The van der Waals surface area contributed by atoms with E-state index in [1.54, 1.807) is 35.2 Å². The third kappa shape index (κ3) is 5.55. The summed E-state index contributed by atoms with van der Waals surface area (Å²) in [6, 6.07) is 11.2. The van der Waals surface area contributed by atoms with Crippen LogP contribution in [0.1, 0.15) is 27.2 Å². The number of halogens is 4. The predicted molar refractivity (Wildman–Crippen MR) is 166 cm³/mol. The normalized spacial score (nSPS) is 12.6. The number of alkyl halides is 3. The minimum absolute atomic E-state index is 0.150. The van der Waals surface area contributed by atoms with Gasteiger partial charge in [0.1, 0.15) is 11.3 Å². The highest BCUT2D eigenvalue weighted by Crippen LogP contribution is 2.43. The maximum absolute atomic E-state index is 15.3. The molecule has 14 heteroatoms. The number of hydrogen-bond acceptors (Lipinski definition) is 8. The summed E-state index contributed by atoms with van der Waals surface area (Å²) in [5.74, 6) is -0.444. The first-order valence-corrected chi connectivity index (χ1v) is 14.2. The molecule has 1 aliphatic rings. The molecule has 1 aliphatic heterocycles. The lowest BCUT2D eigenvalue weighted by Crippen LogP contribution is -2.33. The fraction of sp³-hybridized carbons (Fsp3) is 0.212. The first-order chi connectivity index (χ1) is 22.4. The molecule has 0 radical (unpaired) electrons. The number of carbonyl (C=O) groups is 1.